The lowest BCUT2D eigenvalue weighted by molar-refractivity contribution is -0.137. The number of nitrogens with one attached hydrogen (secondary N) is 2. The van der Waals surface area contributed by atoms with Gasteiger partial charge in [0.2, 0.25) is 15.9 Å². The van der Waals surface area contributed by atoms with Gasteiger partial charge < -0.3 is 10.2 Å². The van der Waals surface area contributed by atoms with Gasteiger partial charge in [-0.05, 0) is 39.5 Å². The van der Waals surface area contributed by atoms with E-state index in [1.807, 2.05) is 30.9 Å². The van der Waals surface area contributed by atoms with Crippen molar-refractivity contribution in [3.05, 3.63) is 29.3 Å². The molecular formula is C20H29N7O3S. The quantitative estimate of drug-likeness (QED) is 0.717. The lowest BCUT2D eigenvalue weighted by Gasteiger charge is -2.33. The van der Waals surface area contributed by atoms with Crippen LogP contribution in [0.3, 0.4) is 0 Å². The van der Waals surface area contributed by atoms with Crippen LogP contribution in [0, 0.1) is 19.8 Å². The van der Waals surface area contributed by atoms with Crippen LogP contribution in [0.2, 0.25) is 0 Å². The summed E-state index contributed by atoms with van der Waals surface area (Å²) in [6, 6.07) is 3.69. The maximum Gasteiger partial charge on any atom is 0.226 e. The Bertz CT molecular complexity index is 1060. The van der Waals surface area contributed by atoms with Crippen LogP contribution in [-0.2, 0) is 14.8 Å². The lowest BCUT2D eigenvalue weighted by Crippen LogP contribution is -2.44. The smallest absolute Gasteiger partial charge is 0.226 e. The van der Waals surface area contributed by atoms with E-state index in [9.17, 15) is 13.2 Å². The Morgan fingerprint density at radius 2 is 1.84 bits per heavy atom. The number of aryl methyl sites for hydroxylation is 2. The summed E-state index contributed by atoms with van der Waals surface area (Å²) in [4.78, 5) is 24.3. The number of aromatic amines is 1. The van der Waals surface area contributed by atoms with Gasteiger partial charge in [0.15, 0.2) is 5.82 Å². The lowest BCUT2D eigenvalue weighted by atomic mass is 9.96. The number of aromatic nitrogens is 4. The van der Waals surface area contributed by atoms with Crippen molar-refractivity contribution < 1.29 is 13.2 Å². The fraction of sp³-hybridized carbons (Fsp3) is 0.600. The zero-order chi connectivity index (χ0) is 22.2. The largest absolute Gasteiger partial charge is 0.334 e. The molecule has 2 N–H and O–H groups in total. The van der Waals surface area contributed by atoms with Gasteiger partial charge in [-0.25, -0.2) is 22.7 Å². The molecule has 1 amide bonds. The topological polar surface area (TPSA) is 124 Å². The van der Waals surface area contributed by atoms with E-state index in [4.69, 9.17) is 0 Å². The summed E-state index contributed by atoms with van der Waals surface area (Å²) in [5, 5.41) is 10.3. The second-order valence-corrected chi connectivity index (χ2v) is 10.4. The minimum absolute atomic E-state index is 0.0939. The molecule has 2 saturated heterocycles. The van der Waals surface area contributed by atoms with Gasteiger partial charge in [-0.1, -0.05) is 0 Å². The van der Waals surface area contributed by atoms with Crippen molar-refractivity contribution in [2.75, 3.05) is 31.2 Å². The first kappa shape index (κ1) is 21.7. The SMILES string of the molecule is Cc1nc(Nc2cc(C)[nH]n2)cc([C@@H]2CCCN2C(=O)C2CCN(S(C)(=O)=O)CC2)n1. The number of nitrogens with zero attached hydrogens (tertiary/aromatic N) is 5. The van der Waals surface area contributed by atoms with Crippen LogP contribution in [0.5, 0.6) is 0 Å². The number of hydrogen-bond acceptors (Lipinski definition) is 7. The van der Waals surface area contributed by atoms with Crippen LogP contribution in [0.1, 0.15) is 48.9 Å². The van der Waals surface area contributed by atoms with Crippen LogP contribution in [0.4, 0.5) is 11.6 Å². The minimum atomic E-state index is -3.20. The van der Waals surface area contributed by atoms with Crippen molar-refractivity contribution in [3.8, 4) is 0 Å². The molecule has 2 aliphatic heterocycles. The summed E-state index contributed by atoms with van der Waals surface area (Å²) in [6.45, 7) is 5.26. The van der Waals surface area contributed by atoms with Crippen LogP contribution in [0.15, 0.2) is 12.1 Å². The van der Waals surface area contributed by atoms with E-state index in [-0.39, 0.29) is 17.9 Å². The Labute approximate surface area is 182 Å². The Morgan fingerprint density at radius 1 is 1.10 bits per heavy atom. The van der Waals surface area contributed by atoms with E-state index in [2.05, 4.69) is 25.5 Å². The molecule has 0 radical (unpaired) electrons. The van der Waals surface area contributed by atoms with Crippen LogP contribution < -0.4 is 5.32 Å². The van der Waals surface area contributed by atoms with Crippen molar-refractivity contribution in [3.63, 3.8) is 0 Å². The molecule has 4 rings (SSSR count). The number of rotatable bonds is 5. The summed E-state index contributed by atoms with van der Waals surface area (Å²) in [7, 11) is -3.20. The maximum atomic E-state index is 13.3. The predicted octanol–water partition coefficient (Wildman–Crippen LogP) is 1.90. The zero-order valence-corrected chi connectivity index (χ0v) is 18.9. The predicted molar refractivity (Wildman–Crippen MR) is 116 cm³/mol. The number of hydrogen-bond donors (Lipinski definition) is 2. The normalized spacial score (nSPS) is 20.9. The molecule has 4 heterocycles. The molecule has 2 aromatic heterocycles. The number of sulfonamides is 1. The van der Waals surface area contributed by atoms with E-state index in [0.717, 1.165) is 24.2 Å². The standard InChI is InChI=1S/C20H29N7O3S/c1-13-11-19(25-24-13)23-18-12-16(21-14(2)22-18)17-5-4-8-27(17)20(28)15-6-9-26(10-7-15)31(3,29)30/h11-12,15,17H,4-10H2,1-3H3,(H2,21,22,23,24,25)/t17-/m0/s1. The monoisotopic (exact) mass is 447 g/mol. The van der Waals surface area contributed by atoms with Crippen LogP contribution in [-0.4, -0.2) is 69.6 Å². The van der Waals surface area contributed by atoms with E-state index in [1.54, 1.807) is 0 Å². The number of amides is 1. The molecule has 168 valence electrons. The third-order valence-electron chi connectivity index (χ3n) is 5.97. The molecule has 10 nitrogen and oxygen atoms in total. The van der Waals surface area contributed by atoms with Crippen molar-refractivity contribution in [1.29, 1.82) is 0 Å². The first-order valence-corrected chi connectivity index (χ1v) is 12.5. The molecule has 0 spiro atoms. The number of carbonyl (C=O) groups excluding carboxylic acids is 1. The number of carbonyl (C=O) groups is 1. The fourth-order valence-electron chi connectivity index (χ4n) is 4.45. The second kappa shape index (κ2) is 8.54. The number of likely N-dealkylation sites (tertiary alicyclic amines) is 1. The fourth-order valence-corrected chi connectivity index (χ4v) is 5.32. The molecule has 0 aromatic carbocycles. The van der Waals surface area contributed by atoms with Crippen LogP contribution in [0.25, 0.3) is 0 Å². The molecule has 0 unspecified atom stereocenters. The first-order valence-electron chi connectivity index (χ1n) is 10.6. The molecular weight excluding hydrogens is 418 g/mol. The van der Waals surface area contributed by atoms with E-state index < -0.39 is 10.0 Å². The first-order chi connectivity index (χ1) is 14.7. The van der Waals surface area contributed by atoms with E-state index in [0.29, 0.717) is 49.9 Å². The third kappa shape index (κ3) is 4.87. The number of anilines is 2. The molecule has 2 aliphatic rings. The summed E-state index contributed by atoms with van der Waals surface area (Å²) in [5.74, 6) is 1.91. The van der Waals surface area contributed by atoms with Crippen molar-refractivity contribution in [2.24, 2.45) is 5.92 Å². The number of H-pyrrole nitrogens is 1. The van der Waals surface area contributed by atoms with Gasteiger partial charge in [-0.15, -0.1) is 0 Å². The highest BCUT2D eigenvalue weighted by Gasteiger charge is 2.37. The van der Waals surface area contributed by atoms with Crippen LogP contribution >= 0.6 is 0 Å². The van der Waals surface area contributed by atoms with Crippen molar-refractivity contribution in [2.45, 2.75) is 45.6 Å². The highest BCUT2D eigenvalue weighted by molar-refractivity contribution is 7.88. The van der Waals surface area contributed by atoms with Crippen molar-refractivity contribution in [1.82, 2.24) is 29.4 Å². The molecule has 0 aliphatic carbocycles. The molecule has 1 atom stereocenters. The Kier molecular flexibility index (Phi) is 5.98. The maximum absolute atomic E-state index is 13.3. The molecule has 2 fully saturated rings. The van der Waals surface area contributed by atoms with Gasteiger partial charge in [0, 0.05) is 43.4 Å². The van der Waals surface area contributed by atoms with Gasteiger partial charge in [-0.2, -0.15) is 5.10 Å². The molecule has 11 heteroatoms. The average molecular weight is 448 g/mol. The van der Waals surface area contributed by atoms with E-state index in [1.165, 1.54) is 10.6 Å². The van der Waals surface area contributed by atoms with Gasteiger partial charge >= 0.3 is 0 Å². The highest BCUT2D eigenvalue weighted by atomic mass is 32.2. The zero-order valence-electron chi connectivity index (χ0n) is 18.1. The Hall–Kier alpha value is -2.53. The van der Waals surface area contributed by atoms with Gasteiger partial charge in [0.25, 0.3) is 0 Å². The molecule has 2 aromatic rings. The third-order valence-corrected chi connectivity index (χ3v) is 7.27. The molecule has 0 bridgehead atoms. The summed E-state index contributed by atoms with van der Waals surface area (Å²) in [6.07, 6.45) is 4.11. The molecule has 0 saturated carbocycles. The average Bonchev–Trinajstić information content (AvgIpc) is 3.35. The van der Waals surface area contributed by atoms with Gasteiger partial charge in [-0.3, -0.25) is 9.89 Å². The van der Waals surface area contributed by atoms with E-state index >= 15 is 0 Å². The molecule has 31 heavy (non-hydrogen) atoms. The Balaban J connectivity index is 1.48. The second-order valence-electron chi connectivity index (χ2n) is 8.41. The summed E-state index contributed by atoms with van der Waals surface area (Å²) in [5.41, 5.74) is 1.77. The van der Waals surface area contributed by atoms with Gasteiger partial charge in [0.1, 0.15) is 11.6 Å². The Morgan fingerprint density at radius 3 is 2.48 bits per heavy atom. The van der Waals surface area contributed by atoms with Crippen molar-refractivity contribution >= 4 is 27.6 Å². The highest BCUT2D eigenvalue weighted by Crippen LogP contribution is 2.35. The number of piperidine rings is 1. The van der Waals surface area contributed by atoms with Gasteiger partial charge in [0.05, 0.1) is 18.0 Å². The minimum Gasteiger partial charge on any atom is -0.334 e. The summed E-state index contributed by atoms with van der Waals surface area (Å²) >= 11 is 0. The summed E-state index contributed by atoms with van der Waals surface area (Å²) < 4.78 is 25.0.